The van der Waals surface area contributed by atoms with Crippen LogP contribution < -0.4 is 0 Å². The van der Waals surface area contributed by atoms with E-state index in [2.05, 4.69) is 67.0 Å². The van der Waals surface area contributed by atoms with Gasteiger partial charge in [0.2, 0.25) is 0 Å². The molecule has 5 rings (SSSR count). The van der Waals surface area contributed by atoms with Crippen LogP contribution in [0.3, 0.4) is 0 Å². The maximum atomic E-state index is 4.50. The number of likely N-dealkylation sites (tertiary alicyclic amines) is 1. The lowest BCUT2D eigenvalue weighted by molar-refractivity contribution is 0.272. The van der Waals surface area contributed by atoms with E-state index in [1.165, 1.54) is 41.2 Å². The molecule has 0 amide bonds. The largest absolute Gasteiger partial charge is 0.313 e. The van der Waals surface area contributed by atoms with Crippen molar-refractivity contribution in [2.45, 2.75) is 45.3 Å². The quantitative estimate of drug-likeness (QED) is 0.626. The van der Waals surface area contributed by atoms with E-state index in [1.54, 1.807) is 0 Å². The molecule has 6 heteroatoms. The first-order valence-corrected chi connectivity index (χ1v) is 11.6. The van der Waals surface area contributed by atoms with E-state index in [0.29, 0.717) is 0 Å². The molecule has 0 N–H and O–H groups in total. The third-order valence-electron chi connectivity index (χ3n) is 6.08. The summed E-state index contributed by atoms with van der Waals surface area (Å²) >= 11 is 1.99. The van der Waals surface area contributed by atoms with Gasteiger partial charge in [0.1, 0.15) is 11.6 Å². The van der Waals surface area contributed by atoms with Crippen LogP contribution in [0.15, 0.2) is 42.5 Å². The van der Waals surface area contributed by atoms with Crippen molar-refractivity contribution in [3.05, 3.63) is 69.4 Å². The summed E-state index contributed by atoms with van der Waals surface area (Å²) in [6.45, 7) is 7.82. The highest BCUT2D eigenvalue weighted by Crippen LogP contribution is 2.23. The predicted octanol–water partition coefficient (Wildman–Crippen LogP) is 3.58. The second-order valence-corrected chi connectivity index (χ2v) is 9.48. The highest BCUT2D eigenvalue weighted by molar-refractivity contribution is 7.11. The Labute approximate surface area is 177 Å². The van der Waals surface area contributed by atoms with E-state index in [-0.39, 0.29) is 0 Å². The zero-order chi connectivity index (χ0) is 19.5. The Kier molecular flexibility index (Phi) is 5.74. The van der Waals surface area contributed by atoms with E-state index >= 15 is 0 Å². The van der Waals surface area contributed by atoms with E-state index in [0.717, 1.165) is 57.2 Å². The molecule has 5 nitrogen and oxygen atoms in total. The Bertz CT molecular complexity index is 926. The van der Waals surface area contributed by atoms with Crippen molar-refractivity contribution in [3.63, 3.8) is 0 Å². The van der Waals surface area contributed by atoms with Crippen LogP contribution >= 0.6 is 11.3 Å². The zero-order valence-electron chi connectivity index (χ0n) is 17.0. The van der Waals surface area contributed by atoms with Crippen molar-refractivity contribution < 1.29 is 0 Å². The standard InChI is InChI=1S/C23H29N5S/c1-2-6-19(7-3-1)16-23-25-24-22-10-13-27(14-15-28(22)23)18-21-9-8-20(29-21)17-26-11-4-5-12-26/h1-3,6-9H,4-5,10-18H2. The van der Waals surface area contributed by atoms with Gasteiger partial charge in [0.15, 0.2) is 0 Å². The van der Waals surface area contributed by atoms with Gasteiger partial charge in [-0.2, -0.15) is 0 Å². The fraction of sp³-hybridized carbons (Fsp3) is 0.478. The molecule has 1 saturated heterocycles. The topological polar surface area (TPSA) is 37.2 Å². The average molecular weight is 408 g/mol. The van der Waals surface area contributed by atoms with E-state index in [4.69, 9.17) is 0 Å². The minimum atomic E-state index is 0.860. The number of aromatic nitrogens is 3. The van der Waals surface area contributed by atoms with Crippen molar-refractivity contribution in [2.75, 3.05) is 26.2 Å². The van der Waals surface area contributed by atoms with Crippen LogP contribution in [0.5, 0.6) is 0 Å². The summed E-state index contributed by atoms with van der Waals surface area (Å²) in [6, 6.07) is 15.3. The van der Waals surface area contributed by atoms with Gasteiger partial charge in [0, 0.05) is 55.3 Å². The van der Waals surface area contributed by atoms with Gasteiger partial charge in [0.25, 0.3) is 0 Å². The second kappa shape index (κ2) is 8.78. The molecule has 152 valence electrons. The molecule has 0 atom stereocenters. The van der Waals surface area contributed by atoms with Crippen LogP contribution in [-0.4, -0.2) is 50.7 Å². The fourth-order valence-corrected chi connectivity index (χ4v) is 5.57. The third-order valence-corrected chi connectivity index (χ3v) is 7.13. The number of fused-ring (bicyclic) bond motifs is 1. The molecule has 2 aromatic heterocycles. The van der Waals surface area contributed by atoms with Gasteiger partial charge < -0.3 is 4.57 Å². The van der Waals surface area contributed by atoms with Crippen LogP contribution in [0.4, 0.5) is 0 Å². The van der Waals surface area contributed by atoms with Gasteiger partial charge in [-0.15, -0.1) is 21.5 Å². The second-order valence-electron chi connectivity index (χ2n) is 8.22. The molecule has 0 aliphatic carbocycles. The third kappa shape index (κ3) is 4.60. The summed E-state index contributed by atoms with van der Waals surface area (Å²) in [5.74, 6) is 2.23. The fourth-order valence-electron chi connectivity index (χ4n) is 4.47. The van der Waals surface area contributed by atoms with Crippen molar-refractivity contribution in [1.29, 1.82) is 0 Å². The van der Waals surface area contributed by atoms with Gasteiger partial charge >= 0.3 is 0 Å². The Morgan fingerprint density at radius 3 is 2.24 bits per heavy atom. The number of rotatable bonds is 6. The van der Waals surface area contributed by atoms with Crippen LogP contribution in [0.25, 0.3) is 0 Å². The van der Waals surface area contributed by atoms with Gasteiger partial charge in [-0.3, -0.25) is 9.80 Å². The summed E-state index contributed by atoms with van der Waals surface area (Å²) in [7, 11) is 0. The molecule has 2 aliphatic heterocycles. The maximum Gasteiger partial charge on any atom is 0.137 e. The van der Waals surface area contributed by atoms with Crippen molar-refractivity contribution in [3.8, 4) is 0 Å². The smallest absolute Gasteiger partial charge is 0.137 e. The molecule has 0 radical (unpaired) electrons. The number of thiophene rings is 1. The lowest BCUT2D eigenvalue weighted by atomic mass is 10.1. The highest BCUT2D eigenvalue weighted by Gasteiger charge is 2.20. The first kappa shape index (κ1) is 19.0. The Morgan fingerprint density at radius 2 is 1.48 bits per heavy atom. The van der Waals surface area contributed by atoms with E-state index in [9.17, 15) is 0 Å². The monoisotopic (exact) mass is 407 g/mol. The first-order valence-electron chi connectivity index (χ1n) is 10.8. The number of hydrogen-bond acceptors (Lipinski definition) is 5. The number of nitrogens with zero attached hydrogens (tertiary/aromatic N) is 5. The lowest BCUT2D eigenvalue weighted by Crippen LogP contribution is -2.26. The molecule has 29 heavy (non-hydrogen) atoms. The Balaban J connectivity index is 1.19. The highest BCUT2D eigenvalue weighted by atomic mass is 32.1. The van der Waals surface area contributed by atoms with Gasteiger partial charge in [-0.25, -0.2) is 0 Å². The Hall–Kier alpha value is -2.02. The normalized spacial score (nSPS) is 18.1. The summed E-state index contributed by atoms with van der Waals surface area (Å²) in [5.41, 5.74) is 1.30. The molecular weight excluding hydrogens is 378 g/mol. The van der Waals surface area contributed by atoms with Gasteiger partial charge in [-0.05, 0) is 43.6 Å². The van der Waals surface area contributed by atoms with Crippen LogP contribution in [0, 0.1) is 0 Å². The van der Waals surface area contributed by atoms with Crippen LogP contribution in [-0.2, 0) is 32.5 Å². The molecule has 2 aliphatic rings. The first-order chi connectivity index (χ1) is 14.3. The van der Waals surface area contributed by atoms with Crippen molar-refractivity contribution in [2.24, 2.45) is 0 Å². The molecule has 3 aromatic rings. The summed E-state index contributed by atoms with van der Waals surface area (Å²) in [6.07, 6.45) is 4.57. The average Bonchev–Trinajstić information content (AvgIpc) is 3.46. The Morgan fingerprint density at radius 1 is 0.759 bits per heavy atom. The minimum absolute atomic E-state index is 0.860. The zero-order valence-corrected chi connectivity index (χ0v) is 17.8. The summed E-state index contributed by atoms with van der Waals surface area (Å²) < 4.78 is 2.35. The van der Waals surface area contributed by atoms with Crippen LogP contribution in [0.1, 0.15) is 39.8 Å². The molecule has 0 bridgehead atoms. The van der Waals surface area contributed by atoms with Gasteiger partial charge in [-0.1, -0.05) is 30.3 Å². The molecule has 0 spiro atoms. The van der Waals surface area contributed by atoms with E-state index < -0.39 is 0 Å². The van der Waals surface area contributed by atoms with Crippen molar-refractivity contribution in [1.82, 2.24) is 24.6 Å². The van der Waals surface area contributed by atoms with Crippen molar-refractivity contribution >= 4 is 11.3 Å². The van der Waals surface area contributed by atoms with E-state index in [1.807, 2.05) is 11.3 Å². The summed E-state index contributed by atoms with van der Waals surface area (Å²) in [4.78, 5) is 8.16. The SMILES string of the molecule is c1ccc(Cc2nnc3n2CCN(Cc2ccc(CN4CCCC4)s2)CC3)cc1. The lowest BCUT2D eigenvalue weighted by Gasteiger charge is -2.18. The minimum Gasteiger partial charge on any atom is -0.313 e. The summed E-state index contributed by atoms with van der Waals surface area (Å²) in [5, 5.41) is 8.99. The molecular formula is C23H29N5S. The number of hydrogen-bond donors (Lipinski definition) is 0. The number of benzene rings is 1. The molecule has 1 aromatic carbocycles. The van der Waals surface area contributed by atoms with Crippen LogP contribution in [0.2, 0.25) is 0 Å². The predicted molar refractivity (Wildman–Crippen MR) is 117 cm³/mol. The molecule has 4 heterocycles. The van der Waals surface area contributed by atoms with Gasteiger partial charge in [0.05, 0.1) is 0 Å². The molecule has 0 saturated carbocycles. The molecule has 1 fully saturated rings. The maximum absolute atomic E-state index is 4.50. The molecule has 0 unspecified atom stereocenters.